The Kier molecular flexibility index (Phi) is 0.824. The van der Waals surface area contributed by atoms with E-state index in [0.29, 0.717) is 35.2 Å². The molecular weight excluding hydrogens is 312 g/mol. The van der Waals surface area contributed by atoms with Crippen LogP contribution in [-0.2, 0) is 9.59 Å². The minimum atomic E-state index is -0.263. The average Bonchev–Trinajstić information content (AvgIpc) is 2.54. The first-order valence-corrected chi connectivity index (χ1v) is 6.60. The van der Waals surface area contributed by atoms with Gasteiger partial charge >= 0.3 is 0 Å². The molecule has 6 rings (SSSR count). The normalized spacial score (nSPS) is 79.6. The van der Waals surface area contributed by atoms with Gasteiger partial charge in [0, 0.05) is 11.8 Å². The van der Waals surface area contributed by atoms with E-state index < -0.39 is 0 Å². The highest BCUT2D eigenvalue weighted by Crippen LogP contribution is 2.92. The molecule has 0 amide bonds. The summed E-state index contributed by atoms with van der Waals surface area (Å²) < 4.78 is -0.526. The SMILES string of the molecule is O=C1[C@H]2[C@H]3C(=O)[C@]4(Br)[C@@H]5[C@@H]([C@H]24)[C@@]1(Br)[C@@H]35. The van der Waals surface area contributed by atoms with E-state index in [1.807, 2.05) is 0 Å². The van der Waals surface area contributed by atoms with E-state index in [-0.39, 0.29) is 20.5 Å². The fourth-order valence-corrected chi connectivity index (χ4v) is 8.27. The van der Waals surface area contributed by atoms with Gasteiger partial charge in [-0.15, -0.1) is 0 Å². The van der Waals surface area contributed by atoms with Crippen LogP contribution in [0, 0.1) is 35.5 Å². The standard InChI is InChI=1S/C10H6Br2O2/c11-9-3-1-2(8(9)14)4-6(9)5(3)10(4,12)7(1)13/h1-6H/t1-,2+,3-,4-,5+,6-,9+,10-/m0/s1. The highest BCUT2D eigenvalue weighted by molar-refractivity contribution is 9.10. The summed E-state index contributed by atoms with van der Waals surface area (Å²) in [6.45, 7) is 0. The predicted molar refractivity (Wildman–Crippen MR) is 54.3 cm³/mol. The summed E-state index contributed by atoms with van der Waals surface area (Å²) in [6, 6.07) is 0. The van der Waals surface area contributed by atoms with Crippen molar-refractivity contribution in [3.8, 4) is 0 Å². The topological polar surface area (TPSA) is 34.1 Å². The second-order valence-corrected chi connectivity index (χ2v) is 8.04. The molecule has 0 N–H and O–H groups in total. The van der Waals surface area contributed by atoms with Crippen LogP contribution in [0.3, 0.4) is 0 Å². The zero-order chi connectivity index (χ0) is 9.62. The number of alkyl halides is 2. The molecule has 72 valence electrons. The van der Waals surface area contributed by atoms with Crippen LogP contribution in [0.5, 0.6) is 0 Å². The van der Waals surface area contributed by atoms with Gasteiger partial charge in [-0.3, -0.25) is 9.59 Å². The van der Waals surface area contributed by atoms with Crippen LogP contribution >= 0.6 is 31.9 Å². The van der Waals surface area contributed by atoms with Gasteiger partial charge in [0.25, 0.3) is 0 Å². The maximum Gasteiger partial charge on any atom is 0.154 e. The molecule has 0 radical (unpaired) electrons. The molecule has 0 unspecified atom stereocenters. The van der Waals surface area contributed by atoms with Crippen LogP contribution < -0.4 is 0 Å². The third-order valence-corrected chi connectivity index (χ3v) is 8.52. The van der Waals surface area contributed by atoms with Crippen molar-refractivity contribution >= 4 is 43.4 Å². The number of Topliss-reactive ketones (excluding diaryl/α,β-unsaturated/α-hetero) is 2. The van der Waals surface area contributed by atoms with Gasteiger partial charge in [-0.1, -0.05) is 31.9 Å². The number of carbonyl (C=O) groups excluding carboxylic acids is 2. The van der Waals surface area contributed by atoms with E-state index in [2.05, 4.69) is 31.9 Å². The van der Waals surface area contributed by atoms with Gasteiger partial charge < -0.3 is 0 Å². The van der Waals surface area contributed by atoms with Gasteiger partial charge in [0.1, 0.15) is 0 Å². The Morgan fingerprint density at radius 2 is 1.14 bits per heavy atom. The smallest absolute Gasteiger partial charge is 0.154 e. The van der Waals surface area contributed by atoms with Crippen LogP contribution in [0.2, 0.25) is 0 Å². The van der Waals surface area contributed by atoms with Crippen molar-refractivity contribution in [2.75, 3.05) is 0 Å². The molecule has 6 fully saturated rings. The maximum absolute atomic E-state index is 12.1. The van der Waals surface area contributed by atoms with E-state index >= 15 is 0 Å². The van der Waals surface area contributed by atoms with E-state index in [1.54, 1.807) is 0 Å². The highest BCUT2D eigenvalue weighted by Gasteiger charge is 3.00. The van der Waals surface area contributed by atoms with E-state index in [4.69, 9.17) is 0 Å². The predicted octanol–water partition coefficient (Wildman–Crippen LogP) is 1.16. The average molecular weight is 318 g/mol. The van der Waals surface area contributed by atoms with Crippen molar-refractivity contribution in [2.45, 2.75) is 8.65 Å². The minimum absolute atomic E-state index is 0.0706. The van der Waals surface area contributed by atoms with Crippen molar-refractivity contribution in [1.29, 1.82) is 0 Å². The molecule has 0 spiro atoms. The van der Waals surface area contributed by atoms with Crippen LogP contribution in [0.1, 0.15) is 0 Å². The molecule has 0 aliphatic heterocycles. The fraction of sp³-hybridized carbons (Fsp3) is 0.800. The molecule has 6 saturated carbocycles. The lowest BCUT2D eigenvalue weighted by atomic mass is 9.41. The van der Waals surface area contributed by atoms with Crippen molar-refractivity contribution in [1.82, 2.24) is 0 Å². The van der Waals surface area contributed by atoms with E-state index in [0.717, 1.165) is 0 Å². The van der Waals surface area contributed by atoms with E-state index in [1.165, 1.54) is 0 Å². The molecule has 4 bridgehead atoms. The van der Waals surface area contributed by atoms with Crippen molar-refractivity contribution < 1.29 is 9.59 Å². The summed E-state index contributed by atoms with van der Waals surface area (Å²) in [5.41, 5.74) is 0. The second-order valence-electron chi connectivity index (χ2n) is 5.42. The molecular formula is C10H6Br2O2. The van der Waals surface area contributed by atoms with Gasteiger partial charge in [0.15, 0.2) is 11.6 Å². The molecule has 2 nitrogen and oxygen atoms in total. The Hall–Kier alpha value is 0.300. The number of hydrogen-bond acceptors (Lipinski definition) is 2. The summed E-state index contributed by atoms with van der Waals surface area (Å²) in [7, 11) is 0. The number of carbonyl (C=O) groups is 2. The van der Waals surface area contributed by atoms with Gasteiger partial charge in [0.2, 0.25) is 0 Å². The van der Waals surface area contributed by atoms with Gasteiger partial charge in [-0.2, -0.15) is 0 Å². The molecule has 6 aliphatic rings. The number of rotatable bonds is 0. The minimum Gasteiger partial charge on any atom is -0.298 e. The van der Waals surface area contributed by atoms with Crippen molar-refractivity contribution in [3.63, 3.8) is 0 Å². The molecule has 14 heavy (non-hydrogen) atoms. The molecule has 0 saturated heterocycles. The number of halogens is 2. The quantitative estimate of drug-likeness (QED) is 0.628. The third kappa shape index (κ3) is 0.337. The summed E-state index contributed by atoms with van der Waals surface area (Å²) in [4.78, 5) is 24.1. The van der Waals surface area contributed by atoms with Gasteiger partial charge in [-0.25, -0.2) is 0 Å². The zero-order valence-corrected chi connectivity index (χ0v) is 10.2. The van der Waals surface area contributed by atoms with E-state index in [9.17, 15) is 9.59 Å². The Morgan fingerprint density at radius 1 is 0.786 bits per heavy atom. The molecule has 0 aromatic carbocycles. The molecule has 4 heteroatoms. The largest absolute Gasteiger partial charge is 0.298 e. The summed E-state index contributed by atoms with van der Waals surface area (Å²) in [5, 5.41) is 0. The summed E-state index contributed by atoms with van der Waals surface area (Å²) >= 11 is 7.27. The summed E-state index contributed by atoms with van der Waals surface area (Å²) in [5.74, 6) is 2.45. The van der Waals surface area contributed by atoms with Gasteiger partial charge in [-0.05, 0) is 23.7 Å². The monoisotopic (exact) mass is 316 g/mol. The maximum atomic E-state index is 12.1. The lowest BCUT2D eigenvalue weighted by Crippen LogP contribution is -2.74. The molecule has 8 atom stereocenters. The molecule has 0 heterocycles. The van der Waals surface area contributed by atoms with Crippen molar-refractivity contribution in [3.05, 3.63) is 0 Å². The first-order valence-electron chi connectivity index (χ1n) is 5.02. The van der Waals surface area contributed by atoms with Crippen LogP contribution in [0.4, 0.5) is 0 Å². The van der Waals surface area contributed by atoms with Gasteiger partial charge in [0.05, 0.1) is 8.65 Å². The Balaban J connectivity index is 1.93. The fourth-order valence-electron chi connectivity index (χ4n) is 5.46. The van der Waals surface area contributed by atoms with Crippen LogP contribution in [0.25, 0.3) is 0 Å². The first-order chi connectivity index (χ1) is 6.55. The lowest BCUT2D eigenvalue weighted by Gasteiger charge is -2.68. The molecule has 0 aromatic rings. The number of hydrogen-bond donors (Lipinski definition) is 0. The van der Waals surface area contributed by atoms with Crippen LogP contribution in [0.15, 0.2) is 0 Å². The Morgan fingerprint density at radius 3 is 1.43 bits per heavy atom. The zero-order valence-electron chi connectivity index (χ0n) is 7.04. The second kappa shape index (κ2) is 1.53. The first kappa shape index (κ1) is 7.55. The number of ketones is 2. The Bertz CT molecular complexity index is 419. The van der Waals surface area contributed by atoms with Crippen LogP contribution in [-0.4, -0.2) is 20.2 Å². The third-order valence-electron chi connectivity index (χ3n) is 5.62. The summed E-state index contributed by atoms with van der Waals surface area (Å²) in [6.07, 6.45) is 0. The molecule has 0 aromatic heterocycles. The van der Waals surface area contributed by atoms with Crippen molar-refractivity contribution in [2.24, 2.45) is 35.5 Å². The highest BCUT2D eigenvalue weighted by atomic mass is 79.9. The Labute approximate surface area is 97.1 Å². The molecule has 6 aliphatic carbocycles. The lowest BCUT2D eigenvalue weighted by molar-refractivity contribution is -0.139.